The van der Waals surface area contributed by atoms with Crippen molar-refractivity contribution in [1.82, 2.24) is 15.1 Å². The number of nitrogens with one attached hydrogen (secondary N) is 1. The molecule has 2 rings (SSSR count). The highest BCUT2D eigenvalue weighted by Crippen LogP contribution is 2.27. The molecule has 1 aliphatic heterocycles. The Hall–Kier alpha value is -0.650. The van der Waals surface area contributed by atoms with Gasteiger partial charge < -0.3 is 10.1 Å². The average Bonchev–Trinajstić information content (AvgIpc) is 3.21. The molecule has 0 spiro atoms. The van der Waals surface area contributed by atoms with E-state index < -0.39 is 0 Å². The fourth-order valence-corrected chi connectivity index (χ4v) is 2.54. The van der Waals surface area contributed by atoms with Crippen molar-refractivity contribution in [3.05, 3.63) is 0 Å². The third-order valence-corrected chi connectivity index (χ3v) is 3.83. The summed E-state index contributed by atoms with van der Waals surface area (Å²) in [7, 11) is 1.82. The lowest BCUT2D eigenvalue weighted by molar-refractivity contribution is -0.146. The van der Waals surface area contributed by atoms with Crippen LogP contribution >= 0.6 is 0 Å². The molecular weight excluding hydrogens is 230 g/mol. The van der Waals surface area contributed by atoms with Crippen molar-refractivity contribution in [2.24, 2.45) is 0 Å². The maximum absolute atomic E-state index is 11.7. The molecule has 1 aliphatic carbocycles. The highest BCUT2D eigenvalue weighted by molar-refractivity contribution is 5.76. The van der Waals surface area contributed by atoms with Crippen LogP contribution in [-0.2, 0) is 9.53 Å². The Kier molecular flexibility index (Phi) is 4.97. The molecule has 1 saturated heterocycles. The van der Waals surface area contributed by atoms with Gasteiger partial charge in [-0.1, -0.05) is 0 Å². The van der Waals surface area contributed by atoms with Gasteiger partial charge in [0.05, 0.1) is 6.61 Å². The third-order valence-electron chi connectivity index (χ3n) is 3.83. The Labute approximate surface area is 109 Å². The summed E-state index contributed by atoms with van der Waals surface area (Å²) >= 11 is 0. The monoisotopic (exact) mass is 255 g/mol. The number of carbonyl (C=O) groups excluding carboxylic acids is 1. The van der Waals surface area contributed by atoms with Crippen LogP contribution in [0.15, 0.2) is 0 Å². The summed E-state index contributed by atoms with van der Waals surface area (Å²) in [6.45, 7) is 7.47. The van der Waals surface area contributed by atoms with Crippen LogP contribution in [-0.4, -0.2) is 74.2 Å². The molecule has 0 aromatic carbocycles. The van der Waals surface area contributed by atoms with E-state index in [-0.39, 0.29) is 12.0 Å². The number of likely N-dealkylation sites (N-methyl/N-ethyl adjacent to an activating group) is 1. The van der Waals surface area contributed by atoms with Gasteiger partial charge in [-0.05, 0) is 26.8 Å². The molecule has 5 nitrogen and oxygen atoms in total. The number of piperazine rings is 1. The first-order valence-electron chi connectivity index (χ1n) is 7.05. The van der Waals surface area contributed by atoms with Crippen molar-refractivity contribution >= 4 is 5.97 Å². The molecule has 0 amide bonds. The third kappa shape index (κ3) is 3.67. The summed E-state index contributed by atoms with van der Waals surface area (Å²) in [5, 5.41) is 3.05. The summed E-state index contributed by atoms with van der Waals surface area (Å²) in [4.78, 5) is 16.6. The molecule has 1 unspecified atom stereocenters. The highest BCUT2D eigenvalue weighted by Gasteiger charge is 2.32. The minimum Gasteiger partial charge on any atom is -0.465 e. The van der Waals surface area contributed by atoms with Crippen molar-refractivity contribution in [1.29, 1.82) is 0 Å². The van der Waals surface area contributed by atoms with Crippen LogP contribution in [0.2, 0.25) is 0 Å². The molecule has 1 heterocycles. The lowest BCUT2D eigenvalue weighted by Crippen LogP contribution is -2.52. The van der Waals surface area contributed by atoms with E-state index in [1.165, 1.54) is 12.8 Å². The van der Waals surface area contributed by atoms with Crippen LogP contribution in [0.3, 0.4) is 0 Å². The maximum Gasteiger partial charge on any atom is 0.324 e. The molecule has 1 atom stereocenters. The molecule has 1 N–H and O–H groups in total. The minimum atomic E-state index is -0.197. The van der Waals surface area contributed by atoms with Crippen LogP contribution in [0.5, 0.6) is 0 Å². The average molecular weight is 255 g/mol. The van der Waals surface area contributed by atoms with E-state index in [0.29, 0.717) is 6.61 Å². The summed E-state index contributed by atoms with van der Waals surface area (Å²) in [5.74, 6) is -0.135. The molecule has 2 fully saturated rings. The van der Waals surface area contributed by atoms with Gasteiger partial charge in [0, 0.05) is 38.8 Å². The largest absolute Gasteiger partial charge is 0.465 e. The molecular formula is C13H25N3O2. The van der Waals surface area contributed by atoms with E-state index in [9.17, 15) is 4.79 Å². The first-order chi connectivity index (χ1) is 8.74. The summed E-state index contributed by atoms with van der Waals surface area (Å²) in [5.41, 5.74) is 0. The minimum absolute atomic E-state index is 0.135. The van der Waals surface area contributed by atoms with E-state index in [0.717, 1.165) is 38.8 Å². The maximum atomic E-state index is 11.7. The smallest absolute Gasteiger partial charge is 0.324 e. The topological polar surface area (TPSA) is 44.8 Å². The molecule has 18 heavy (non-hydrogen) atoms. The summed E-state index contributed by atoms with van der Waals surface area (Å²) < 4.78 is 5.07. The van der Waals surface area contributed by atoms with Crippen molar-refractivity contribution in [3.8, 4) is 0 Å². The number of rotatable bonds is 6. The van der Waals surface area contributed by atoms with Crippen molar-refractivity contribution in [2.75, 3.05) is 46.4 Å². The van der Waals surface area contributed by atoms with Crippen molar-refractivity contribution in [2.45, 2.75) is 31.8 Å². The van der Waals surface area contributed by atoms with Gasteiger partial charge in [0.1, 0.15) is 6.04 Å². The number of hydrogen-bond acceptors (Lipinski definition) is 5. The van der Waals surface area contributed by atoms with Crippen LogP contribution in [0, 0.1) is 0 Å². The lowest BCUT2D eigenvalue weighted by atomic mass is 10.2. The lowest BCUT2D eigenvalue weighted by Gasteiger charge is -2.36. The summed E-state index contributed by atoms with van der Waals surface area (Å²) in [6.07, 6.45) is 2.75. The van der Waals surface area contributed by atoms with Crippen LogP contribution in [0.25, 0.3) is 0 Å². The Morgan fingerprint density at radius 3 is 2.50 bits per heavy atom. The number of nitrogens with zero attached hydrogens (tertiary/aromatic N) is 2. The summed E-state index contributed by atoms with van der Waals surface area (Å²) in [6, 6.07) is 0.662. The molecule has 0 bridgehead atoms. The Bertz CT molecular complexity index is 273. The second-order valence-corrected chi connectivity index (χ2v) is 5.16. The van der Waals surface area contributed by atoms with Gasteiger partial charge in [0.2, 0.25) is 0 Å². The van der Waals surface area contributed by atoms with Gasteiger partial charge in [-0.3, -0.25) is 14.6 Å². The molecule has 1 saturated carbocycles. The fourth-order valence-electron chi connectivity index (χ4n) is 2.54. The van der Waals surface area contributed by atoms with Gasteiger partial charge in [0.15, 0.2) is 0 Å². The molecule has 0 radical (unpaired) electrons. The second kappa shape index (κ2) is 6.50. The molecule has 0 aromatic rings. The van der Waals surface area contributed by atoms with Crippen molar-refractivity contribution < 1.29 is 9.53 Å². The SMILES string of the molecule is CCOC(=O)C(CN1CCN(C2CC2)CC1)NC. The quantitative estimate of drug-likeness (QED) is 0.673. The zero-order chi connectivity index (χ0) is 13.0. The standard InChI is InChI=1S/C13H25N3O2/c1-3-18-13(17)12(14-2)10-15-6-8-16(9-7-15)11-4-5-11/h11-12,14H,3-10H2,1-2H3. The fraction of sp³-hybridized carbons (Fsp3) is 0.923. The van der Waals surface area contributed by atoms with E-state index >= 15 is 0 Å². The van der Waals surface area contributed by atoms with Crippen LogP contribution in [0.1, 0.15) is 19.8 Å². The first kappa shape index (κ1) is 13.8. The zero-order valence-corrected chi connectivity index (χ0v) is 11.5. The number of esters is 1. The highest BCUT2D eigenvalue weighted by atomic mass is 16.5. The normalized spacial score (nSPS) is 23.9. The zero-order valence-electron chi connectivity index (χ0n) is 11.5. The predicted octanol–water partition coefficient (Wildman–Crippen LogP) is -0.0825. The van der Waals surface area contributed by atoms with Gasteiger partial charge in [0.25, 0.3) is 0 Å². The molecule has 0 aromatic heterocycles. The van der Waals surface area contributed by atoms with E-state index in [1.54, 1.807) is 0 Å². The molecule has 2 aliphatic rings. The Balaban J connectivity index is 1.73. The first-order valence-corrected chi connectivity index (χ1v) is 7.05. The Morgan fingerprint density at radius 1 is 1.33 bits per heavy atom. The number of carbonyl (C=O) groups is 1. The van der Waals surface area contributed by atoms with Crippen LogP contribution in [0.4, 0.5) is 0 Å². The molecule has 104 valence electrons. The van der Waals surface area contributed by atoms with Crippen LogP contribution < -0.4 is 5.32 Å². The number of hydrogen-bond donors (Lipinski definition) is 1. The predicted molar refractivity (Wildman–Crippen MR) is 70.5 cm³/mol. The number of ether oxygens (including phenoxy) is 1. The van der Waals surface area contributed by atoms with Gasteiger partial charge in [-0.2, -0.15) is 0 Å². The van der Waals surface area contributed by atoms with Gasteiger partial charge in [-0.25, -0.2) is 0 Å². The van der Waals surface area contributed by atoms with E-state index in [4.69, 9.17) is 4.74 Å². The van der Waals surface area contributed by atoms with E-state index in [2.05, 4.69) is 15.1 Å². The van der Waals surface area contributed by atoms with Crippen molar-refractivity contribution in [3.63, 3.8) is 0 Å². The van der Waals surface area contributed by atoms with E-state index in [1.807, 2.05) is 14.0 Å². The second-order valence-electron chi connectivity index (χ2n) is 5.16. The van der Waals surface area contributed by atoms with Gasteiger partial charge >= 0.3 is 5.97 Å². The van der Waals surface area contributed by atoms with Gasteiger partial charge in [-0.15, -0.1) is 0 Å². The molecule has 5 heteroatoms. The Morgan fingerprint density at radius 2 is 2.00 bits per heavy atom.